The lowest BCUT2D eigenvalue weighted by atomic mass is 9.98. The second kappa shape index (κ2) is 56.4. The van der Waals surface area contributed by atoms with E-state index in [1.807, 2.05) is 0 Å². The molecule has 2 aliphatic heterocycles. The molecule has 14 heteroatoms. The summed E-state index contributed by atoms with van der Waals surface area (Å²) in [7, 11) is 0. The summed E-state index contributed by atoms with van der Waals surface area (Å²) in [6.45, 7) is 3.58. The first-order valence-corrected chi connectivity index (χ1v) is 34.2. The van der Waals surface area contributed by atoms with E-state index in [2.05, 4.69) is 98.9 Å². The predicted octanol–water partition coefficient (Wildman–Crippen LogP) is 14.3. The fourth-order valence-electron chi connectivity index (χ4n) is 10.5. The van der Waals surface area contributed by atoms with Crippen LogP contribution >= 0.6 is 0 Å². The summed E-state index contributed by atoms with van der Waals surface area (Å²) < 4.78 is 34.5. The van der Waals surface area contributed by atoms with Crippen LogP contribution in [-0.2, 0) is 33.2 Å². The number of ether oxygens (including phenoxy) is 6. The maximum Gasteiger partial charge on any atom is 0.306 e. The molecule has 2 heterocycles. The Balaban J connectivity index is 1.65. The molecule has 0 spiro atoms. The molecule has 0 saturated carbocycles. The van der Waals surface area contributed by atoms with Crippen molar-refractivity contribution in [3.63, 3.8) is 0 Å². The average molecular weight is 1200 g/mol. The molecule has 0 aromatic carbocycles. The van der Waals surface area contributed by atoms with Gasteiger partial charge in [0.15, 0.2) is 12.6 Å². The molecule has 14 nitrogen and oxygen atoms in total. The van der Waals surface area contributed by atoms with Crippen LogP contribution in [0.2, 0.25) is 0 Å². The van der Waals surface area contributed by atoms with Crippen molar-refractivity contribution < 1.29 is 69.0 Å². The molecule has 0 radical (unpaired) electrons. The molecule has 7 N–H and O–H groups in total. The highest BCUT2D eigenvalue weighted by Crippen LogP contribution is 2.27. The van der Waals surface area contributed by atoms with Gasteiger partial charge < -0.3 is 64.2 Å². The number of hydrogen-bond donors (Lipinski definition) is 7. The van der Waals surface area contributed by atoms with Crippen LogP contribution in [0.1, 0.15) is 258 Å². The monoisotopic (exact) mass is 1200 g/mol. The first-order valence-electron chi connectivity index (χ1n) is 34.2. The van der Waals surface area contributed by atoms with Crippen molar-refractivity contribution >= 4 is 5.97 Å². The molecule has 2 aliphatic rings. The fourth-order valence-corrected chi connectivity index (χ4v) is 10.5. The number of aliphatic hydroxyl groups is 7. The van der Waals surface area contributed by atoms with Gasteiger partial charge in [-0.2, -0.15) is 0 Å². The lowest BCUT2D eigenvalue weighted by Crippen LogP contribution is -2.61. The zero-order valence-electron chi connectivity index (χ0n) is 53.3. The Labute approximate surface area is 516 Å². The lowest BCUT2D eigenvalue weighted by molar-refractivity contribution is -0.332. The van der Waals surface area contributed by atoms with Crippen molar-refractivity contribution in [3.8, 4) is 0 Å². The van der Waals surface area contributed by atoms with E-state index in [0.717, 1.165) is 83.5 Å². The zero-order chi connectivity index (χ0) is 61.5. The molecule has 0 aliphatic carbocycles. The summed E-state index contributed by atoms with van der Waals surface area (Å²) in [6, 6.07) is 0. The molecule has 492 valence electrons. The molecule has 2 rings (SSSR count). The van der Waals surface area contributed by atoms with E-state index in [9.17, 15) is 40.5 Å². The van der Waals surface area contributed by atoms with Gasteiger partial charge in [-0.1, -0.05) is 247 Å². The predicted molar refractivity (Wildman–Crippen MR) is 344 cm³/mol. The average Bonchev–Trinajstić information content (AvgIpc) is 3.68. The second-order valence-corrected chi connectivity index (χ2v) is 23.6. The molecule has 85 heavy (non-hydrogen) atoms. The lowest BCUT2D eigenvalue weighted by Gasteiger charge is -2.42. The Morgan fingerprint density at radius 2 is 0.765 bits per heavy atom. The maximum atomic E-state index is 13.2. The Hall–Kier alpha value is -2.83. The van der Waals surface area contributed by atoms with Crippen LogP contribution in [0.4, 0.5) is 0 Å². The Morgan fingerprint density at radius 1 is 0.400 bits per heavy atom. The van der Waals surface area contributed by atoms with Gasteiger partial charge in [0.1, 0.15) is 54.9 Å². The van der Waals surface area contributed by atoms with E-state index in [1.165, 1.54) is 148 Å². The van der Waals surface area contributed by atoms with Gasteiger partial charge in [0, 0.05) is 13.0 Å². The standard InChI is InChI=1S/C71H124O14/c1-3-5-7-9-11-13-15-17-19-21-23-25-27-29-31-33-35-37-39-41-43-45-47-49-51-53-55-80-57-60(58-81-70-69(79)67(77)65(75)62(85-70)59-82-71-68(78)66(76)64(74)61(56-72)84-71)83-63(73)54-52-50-48-46-44-42-40-38-36-34-32-30-28-26-24-22-20-18-16-14-12-10-8-6-4-2/h6,8,12,14-15,17-18,20-21,23-24,26-27,29,60-62,64-72,74-79H,3-5,7,9-11,13,16,19,22,25,28,30-59H2,1-2H3/b8-6-,14-12-,17-15-,20-18-,23-21-,26-24-,29-27-. The highest BCUT2D eigenvalue weighted by atomic mass is 16.7. The van der Waals surface area contributed by atoms with Crippen LogP contribution in [-0.4, -0.2) is 142 Å². The first kappa shape index (κ1) is 78.3. The molecule has 2 fully saturated rings. The molecule has 0 aromatic rings. The summed E-state index contributed by atoms with van der Waals surface area (Å²) in [5.41, 5.74) is 0. The molecular formula is C71H124O14. The van der Waals surface area contributed by atoms with E-state index in [1.54, 1.807) is 0 Å². The van der Waals surface area contributed by atoms with E-state index < -0.39 is 80.7 Å². The number of allylic oxidation sites excluding steroid dienone is 14. The molecule has 0 amide bonds. The molecule has 0 bridgehead atoms. The van der Waals surface area contributed by atoms with Crippen molar-refractivity contribution in [2.24, 2.45) is 0 Å². The molecule has 11 unspecified atom stereocenters. The van der Waals surface area contributed by atoms with Crippen LogP contribution in [0.25, 0.3) is 0 Å². The molecule has 11 atom stereocenters. The normalized spacial score (nSPS) is 23.7. The van der Waals surface area contributed by atoms with Gasteiger partial charge in [0.2, 0.25) is 0 Å². The smallest absolute Gasteiger partial charge is 0.306 e. The van der Waals surface area contributed by atoms with Crippen LogP contribution in [0.3, 0.4) is 0 Å². The summed E-state index contributed by atoms with van der Waals surface area (Å²) in [4.78, 5) is 13.2. The van der Waals surface area contributed by atoms with Gasteiger partial charge in [0.05, 0.1) is 26.4 Å². The van der Waals surface area contributed by atoms with E-state index in [0.29, 0.717) is 13.0 Å². The SMILES string of the molecule is CC/C=C\C/C=C\C/C=C\C/C=C\CCCCCCCCCCCCCCC(=O)OC(COCCCCCCCCCCCCC/C=C\C/C=C\C/C=C\CCCCCCC)COC1OC(COC2OC(CO)C(O)C(O)C2O)C(O)C(O)C1O. The minimum atomic E-state index is -1.71. The second-order valence-electron chi connectivity index (χ2n) is 23.6. The van der Waals surface area contributed by atoms with Crippen molar-refractivity contribution in [3.05, 3.63) is 85.1 Å². The quantitative estimate of drug-likeness (QED) is 0.0171. The van der Waals surface area contributed by atoms with Gasteiger partial charge in [-0.05, 0) is 89.9 Å². The van der Waals surface area contributed by atoms with Gasteiger partial charge in [0.25, 0.3) is 0 Å². The number of unbranched alkanes of at least 4 members (excludes halogenated alkanes) is 28. The fraction of sp³-hybridized carbons (Fsp3) is 0.789. The maximum absolute atomic E-state index is 13.2. The minimum absolute atomic E-state index is 0.0560. The zero-order valence-corrected chi connectivity index (χ0v) is 53.3. The van der Waals surface area contributed by atoms with Crippen LogP contribution in [0, 0.1) is 0 Å². The number of carbonyl (C=O) groups is 1. The van der Waals surface area contributed by atoms with Crippen molar-refractivity contribution in [2.75, 3.05) is 33.0 Å². The Morgan fingerprint density at radius 3 is 1.20 bits per heavy atom. The van der Waals surface area contributed by atoms with E-state index in [4.69, 9.17) is 28.4 Å². The van der Waals surface area contributed by atoms with Gasteiger partial charge in [-0.25, -0.2) is 0 Å². The number of rotatable bonds is 56. The largest absolute Gasteiger partial charge is 0.457 e. The van der Waals surface area contributed by atoms with E-state index >= 15 is 0 Å². The third-order valence-corrected chi connectivity index (χ3v) is 15.9. The number of carbonyl (C=O) groups excluding carboxylic acids is 1. The minimum Gasteiger partial charge on any atom is -0.457 e. The number of hydrogen-bond acceptors (Lipinski definition) is 14. The Bertz CT molecular complexity index is 1730. The summed E-state index contributed by atoms with van der Waals surface area (Å²) in [5, 5.41) is 72.6. The van der Waals surface area contributed by atoms with Gasteiger partial charge >= 0.3 is 5.97 Å². The third kappa shape index (κ3) is 41.9. The molecule has 2 saturated heterocycles. The summed E-state index contributed by atoms with van der Waals surface area (Å²) >= 11 is 0. The highest BCUT2D eigenvalue weighted by molar-refractivity contribution is 5.69. The number of esters is 1. The van der Waals surface area contributed by atoms with Crippen molar-refractivity contribution in [1.82, 2.24) is 0 Å². The Kier molecular flexibility index (Phi) is 51.9. The summed E-state index contributed by atoms with van der Waals surface area (Å²) in [5.74, 6) is -0.379. The number of aliphatic hydroxyl groups excluding tert-OH is 7. The van der Waals surface area contributed by atoms with E-state index in [-0.39, 0.29) is 25.6 Å². The molecular weight excluding hydrogens is 1080 g/mol. The third-order valence-electron chi connectivity index (χ3n) is 15.9. The van der Waals surface area contributed by atoms with Crippen molar-refractivity contribution in [1.29, 1.82) is 0 Å². The van der Waals surface area contributed by atoms with Crippen LogP contribution in [0.15, 0.2) is 85.1 Å². The van der Waals surface area contributed by atoms with Crippen LogP contribution < -0.4 is 0 Å². The van der Waals surface area contributed by atoms with Gasteiger partial charge in [-0.3, -0.25) is 4.79 Å². The van der Waals surface area contributed by atoms with Gasteiger partial charge in [-0.15, -0.1) is 0 Å². The molecule has 0 aromatic heterocycles. The van der Waals surface area contributed by atoms with Crippen molar-refractivity contribution in [2.45, 2.75) is 325 Å². The topological polar surface area (TPSA) is 214 Å². The summed E-state index contributed by atoms with van der Waals surface area (Å²) in [6.07, 6.45) is 59.3. The highest BCUT2D eigenvalue weighted by Gasteiger charge is 2.47. The van der Waals surface area contributed by atoms with Crippen LogP contribution in [0.5, 0.6) is 0 Å². The first-order chi connectivity index (χ1) is 41.6.